The molecule has 0 spiro atoms. The predicted molar refractivity (Wildman–Crippen MR) is 66.8 cm³/mol. The first-order chi connectivity index (χ1) is 7.18. The van der Waals surface area contributed by atoms with Crippen LogP contribution in [-0.4, -0.2) is 29.3 Å². The maximum absolute atomic E-state index is 12.0. The molecule has 1 aliphatic rings. The Morgan fingerprint density at radius 2 is 2.13 bits per heavy atom. The summed E-state index contributed by atoms with van der Waals surface area (Å²) in [5.41, 5.74) is 0.771. The Hall–Kier alpha value is -0.0600. The first-order valence-electron chi connectivity index (χ1n) is 4.83. The highest BCUT2D eigenvalue weighted by atomic mass is 79.9. The molecule has 0 N–H and O–H groups in total. The fourth-order valence-corrected chi connectivity index (χ4v) is 3.29. The third-order valence-electron chi connectivity index (χ3n) is 2.56. The van der Waals surface area contributed by atoms with Gasteiger partial charge in [0.1, 0.15) is 0 Å². The molecule has 0 aromatic carbocycles. The number of nitrogens with zero attached hydrogens (tertiary/aromatic N) is 1. The number of carbonyl (C=O) groups excluding carboxylic acids is 1. The minimum Gasteiger partial charge on any atom is -0.338 e. The van der Waals surface area contributed by atoms with Gasteiger partial charge in [-0.05, 0) is 28.8 Å². The van der Waals surface area contributed by atoms with E-state index in [0.29, 0.717) is 0 Å². The number of likely N-dealkylation sites (tertiary alicyclic amines) is 1. The van der Waals surface area contributed by atoms with E-state index in [-0.39, 0.29) is 11.3 Å². The molecule has 1 aliphatic heterocycles. The molecule has 1 amide bonds. The Bertz CT molecular complexity index is 360. The van der Waals surface area contributed by atoms with Gasteiger partial charge in [0.2, 0.25) is 0 Å². The maximum atomic E-state index is 12.0. The lowest BCUT2D eigenvalue weighted by Crippen LogP contribution is -2.38. The zero-order valence-electron chi connectivity index (χ0n) is 8.08. The average molecular weight is 309 g/mol. The van der Waals surface area contributed by atoms with Crippen molar-refractivity contribution in [3.05, 3.63) is 20.8 Å². The molecule has 15 heavy (non-hydrogen) atoms. The van der Waals surface area contributed by atoms with Gasteiger partial charge in [-0.25, -0.2) is 0 Å². The van der Waals surface area contributed by atoms with E-state index in [9.17, 15) is 4.79 Å². The minimum absolute atomic E-state index is 0.117. The first kappa shape index (κ1) is 11.4. The van der Waals surface area contributed by atoms with Crippen molar-refractivity contribution in [2.45, 2.75) is 18.2 Å². The van der Waals surface area contributed by atoms with Crippen molar-refractivity contribution < 1.29 is 4.79 Å². The van der Waals surface area contributed by atoms with Crippen molar-refractivity contribution in [1.82, 2.24) is 4.90 Å². The number of hydrogen-bond acceptors (Lipinski definition) is 2. The van der Waals surface area contributed by atoms with Gasteiger partial charge in [0.05, 0.1) is 5.56 Å². The number of rotatable bonds is 1. The molecular weight excluding hydrogens is 298 g/mol. The summed E-state index contributed by atoms with van der Waals surface area (Å²) in [6.45, 7) is 1.55. The molecule has 0 radical (unpaired) electrons. The van der Waals surface area contributed by atoms with Crippen LogP contribution in [-0.2, 0) is 0 Å². The predicted octanol–water partition coefficient (Wildman–Crippen LogP) is 3.35. The second kappa shape index (κ2) is 4.85. The largest absolute Gasteiger partial charge is 0.338 e. The van der Waals surface area contributed by atoms with E-state index in [2.05, 4.69) is 15.9 Å². The molecule has 1 aromatic heterocycles. The number of thiophene rings is 1. The van der Waals surface area contributed by atoms with Crippen molar-refractivity contribution in [3.63, 3.8) is 0 Å². The number of piperidine rings is 1. The lowest BCUT2D eigenvalue weighted by atomic mass is 10.1. The summed E-state index contributed by atoms with van der Waals surface area (Å²) < 4.78 is 0.894. The van der Waals surface area contributed by atoms with E-state index in [4.69, 9.17) is 11.6 Å². The number of hydrogen-bond donors (Lipinski definition) is 0. The molecule has 1 saturated heterocycles. The van der Waals surface area contributed by atoms with Gasteiger partial charge in [-0.1, -0.05) is 0 Å². The second-order valence-corrected chi connectivity index (χ2v) is 5.82. The van der Waals surface area contributed by atoms with E-state index in [0.717, 1.165) is 36.0 Å². The molecule has 82 valence electrons. The van der Waals surface area contributed by atoms with Crippen LogP contribution in [0.2, 0.25) is 0 Å². The van der Waals surface area contributed by atoms with Crippen LogP contribution >= 0.6 is 38.9 Å². The van der Waals surface area contributed by atoms with Crippen molar-refractivity contribution in [1.29, 1.82) is 0 Å². The molecule has 2 nitrogen and oxygen atoms in total. The molecule has 1 fully saturated rings. The normalized spacial score (nSPS) is 18.1. The SMILES string of the molecule is O=C(c1cscc1Br)N1CCC(Cl)CC1. The molecule has 2 rings (SSSR count). The van der Waals surface area contributed by atoms with E-state index in [1.54, 1.807) is 0 Å². The molecule has 0 bridgehead atoms. The van der Waals surface area contributed by atoms with Crippen LogP contribution in [0, 0.1) is 0 Å². The molecule has 2 heterocycles. The Morgan fingerprint density at radius 3 is 2.67 bits per heavy atom. The number of alkyl halides is 1. The molecule has 0 unspecified atom stereocenters. The van der Waals surface area contributed by atoms with Crippen LogP contribution < -0.4 is 0 Å². The highest BCUT2D eigenvalue weighted by molar-refractivity contribution is 9.10. The van der Waals surface area contributed by atoms with Gasteiger partial charge in [0, 0.05) is 33.7 Å². The molecule has 0 atom stereocenters. The standard InChI is InChI=1S/C10H11BrClNOS/c11-9-6-15-5-8(9)10(14)13-3-1-7(12)2-4-13/h5-7H,1-4H2. The molecule has 0 aliphatic carbocycles. The topological polar surface area (TPSA) is 20.3 Å². The van der Waals surface area contributed by atoms with Gasteiger partial charge in [-0.2, -0.15) is 11.3 Å². The Kier molecular flexibility index (Phi) is 3.69. The van der Waals surface area contributed by atoms with Gasteiger partial charge in [0.15, 0.2) is 0 Å². The Balaban J connectivity index is 2.06. The van der Waals surface area contributed by atoms with Crippen LogP contribution in [0.3, 0.4) is 0 Å². The third-order valence-corrected chi connectivity index (χ3v) is 4.70. The zero-order chi connectivity index (χ0) is 10.8. The van der Waals surface area contributed by atoms with Crippen LogP contribution in [0.1, 0.15) is 23.2 Å². The highest BCUT2D eigenvalue weighted by Crippen LogP contribution is 2.25. The minimum atomic E-state index is 0.117. The maximum Gasteiger partial charge on any atom is 0.255 e. The lowest BCUT2D eigenvalue weighted by Gasteiger charge is -2.29. The van der Waals surface area contributed by atoms with Crippen LogP contribution in [0.25, 0.3) is 0 Å². The van der Waals surface area contributed by atoms with E-state index >= 15 is 0 Å². The van der Waals surface area contributed by atoms with Gasteiger partial charge in [-0.3, -0.25) is 4.79 Å². The first-order valence-corrected chi connectivity index (χ1v) is 7.00. The van der Waals surface area contributed by atoms with E-state index in [1.807, 2.05) is 15.7 Å². The number of halogens is 2. The van der Waals surface area contributed by atoms with Gasteiger partial charge in [-0.15, -0.1) is 11.6 Å². The molecule has 1 aromatic rings. The van der Waals surface area contributed by atoms with Crippen LogP contribution in [0.5, 0.6) is 0 Å². The van der Waals surface area contributed by atoms with E-state index < -0.39 is 0 Å². The molecule has 0 saturated carbocycles. The van der Waals surface area contributed by atoms with Crippen molar-refractivity contribution in [2.24, 2.45) is 0 Å². The van der Waals surface area contributed by atoms with Crippen LogP contribution in [0.4, 0.5) is 0 Å². The summed E-state index contributed by atoms with van der Waals surface area (Å²) in [4.78, 5) is 13.9. The monoisotopic (exact) mass is 307 g/mol. The Labute approximate surface area is 106 Å². The second-order valence-electron chi connectivity index (χ2n) is 3.60. The fraction of sp³-hybridized carbons (Fsp3) is 0.500. The third kappa shape index (κ3) is 2.55. The van der Waals surface area contributed by atoms with Crippen LogP contribution in [0.15, 0.2) is 15.2 Å². The summed E-state index contributed by atoms with van der Waals surface area (Å²) in [5.74, 6) is 0.117. The van der Waals surface area contributed by atoms with Crippen molar-refractivity contribution in [2.75, 3.05) is 13.1 Å². The van der Waals surface area contributed by atoms with E-state index in [1.165, 1.54) is 11.3 Å². The van der Waals surface area contributed by atoms with Crippen molar-refractivity contribution in [3.8, 4) is 0 Å². The fourth-order valence-electron chi connectivity index (χ4n) is 1.66. The lowest BCUT2D eigenvalue weighted by molar-refractivity contribution is 0.0726. The summed E-state index contributed by atoms with van der Waals surface area (Å²) in [5, 5.41) is 4.06. The summed E-state index contributed by atoms with van der Waals surface area (Å²) in [6.07, 6.45) is 1.80. The quantitative estimate of drug-likeness (QED) is 0.729. The molecule has 5 heteroatoms. The molecular formula is C10H11BrClNOS. The van der Waals surface area contributed by atoms with Gasteiger partial charge >= 0.3 is 0 Å². The zero-order valence-corrected chi connectivity index (χ0v) is 11.2. The Morgan fingerprint density at radius 1 is 1.47 bits per heavy atom. The highest BCUT2D eigenvalue weighted by Gasteiger charge is 2.23. The van der Waals surface area contributed by atoms with Gasteiger partial charge in [0.25, 0.3) is 5.91 Å². The summed E-state index contributed by atoms with van der Waals surface area (Å²) >= 11 is 10.9. The number of carbonyl (C=O) groups is 1. The average Bonchev–Trinajstić information content (AvgIpc) is 2.65. The smallest absolute Gasteiger partial charge is 0.255 e. The van der Waals surface area contributed by atoms with Gasteiger partial charge < -0.3 is 4.90 Å². The van der Waals surface area contributed by atoms with Crippen molar-refractivity contribution >= 4 is 44.8 Å². The summed E-state index contributed by atoms with van der Waals surface area (Å²) in [7, 11) is 0. The summed E-state index contributed by atoms with van der Waals surface area (Å²) in [6, 6.07) is 0. The number of amides is 1.